The molecule has 0 N–H and O–H groups in total. The molecule has 0 aromatic heterocycles. The van der Waals surface area contributed by atoms with Crippen molar-refractivity contribution in [1.82, 2.24) is 0 Å². The van der Waals surface area contributed by atoms with Gasteiger partial charge in [0, 0.05) is 10.6 Å². The molecule has 1 unspecified atom stereocenters. The molecule has 0 saturated heterocycles. The van der Waals surface area contributed by atoms with Gasteiger partial charge in [0.1, 0.15) is 5.38 Å². The molecule has 0 aliphatic carbocycles. The lowest BCUT2D eigenvalue weighted by Crippen LogP contribution is -2.07. The van der Waals surface area contributed by atoms with Crippen LogP contribution in [0.2, 0.25) is 5.02 Å². The van der Waals surface area contributed by atoms with Gasteiger partial charge >= 0.3 is 0 Å². The zero-order chi connectivity index (χ0) is 13.1. The summed E-state index contributed by atoms with van der Waals surface area (Å²) in [5.41, 5.74) is 2.52. The summed E-state index contributed by atoms with van der Waals surface area (Å²) in [6.07, 6.45) is 0. The fourth-order valence-electron chi connectivity index (χ4n) is 1.65. The van der Waals surface area contributed by atoms with Gasteiger partial charge in [0.2, 0.25) is 0 Å². The summed E-state index contributed by atoms with van der Waals surface area (Å²) in [6.45, 7) is 1.99. The van der Waals surface area contributed by atoms with Crippen LogP contribution < -0.4 is 0 Å². The van der Waals surface area contributed by atoms with Crippen molar-refractivity contribution >= 4 is 29.0 Å². The zero-order valence-corrected chi connectivity index (χ0v) is 11.4. The van der Waals surface area contributed by atoms with Crippen molar-refractivity contribution in [3.05, 3.63) is 70.2 Å². The molecule has 92 valence electrons. The topological polar surface area (TPSA) is 17.1 Å². The van der Waals surface area contributed by atoms with E-state index >= 15 is 0 Å². The lowest BCUT2D eigenvalue weighted by Gasteiger charge is -2.09. The maximum Gasteiger partial charge on any atom is 0.185 e. The number of carbonyl (C=O) groups excluding carboxylic acids is 1. The molecule has 2 aromatic carbocycles. The maximum absolute atomic E-state index is 12.2. The van der Waals surface area contributed by atoms with Crippen molar-refractivity contribution in [3.8, 4) is 0 Å². The normalized spacial score (nSPS) is 12.2. The van der Waals surface area contributed by atoms with Gasteiger partial charge in [-0.05, 0) is 36.8 Å². The average Bonchev–Trinajstić information content (AvgIpc) is 2.39. The molecule has 0 radical (unpaired) electrons. The standard InChI is InChI=1S/C15H12Cl2O/c1-10-2-4-11(5-3-10)14(17)15(18)12-6-8-13(16)9-7-12/h2-9,14H,1H3. The fraction of sp³-hybridized carbons (Fsp3) is 0.133. The minimum absolute atomic E-state index is 0.114. The number of hydrogen-bond donors (Lipinski definition) is 0. The van der Waals surface area contributed by atoms with E-state index in [0.717, 1.165) is 11.1 Å². The number of halogens is 2. The highest BCUT2D eigenvalue weighted by Gasteiger charge is 2.19. The Bertz CT molecular complexity index is 544. The first-order valence-electron chi connectivity index (χ1n) is 5.58. The second-order valence-corrected chi connectivity index (χ2v) is 5.02. The summed E-state index contributed by atoms with van der Waals surface area (Å²) in [5.74, 6) is -0.114. The van der Waals surface area contributed by atoms with Gasteiger partial charge < -0.3 is 0 Å². The molecule has 0 bridgehead atoms. The van der Waals surface area contributed by atoms with Crippen molar-refractivity contribution < 1.29 is 4.79 Å². The monoisotopic (exact) mass is 278 g/mol. The predicted octanol–water partition coefficient (Wildman–Crippen LogP) is 4.81. The van der Waals surface area contributed by atoms with E-state index in [-0.39, 0.29) is 5.78 Å². The largest absolute Gasteiger partial charge is 0.292 e. The fourth-order valence-corrected chi connectivity index (χ4v) is 2.04. The summed E-state index contributed by atoms with van der Waals surface area (Å²) >= 11 is 12.0. The molecule has 0 aliphatic rings. The number of rotatable bonds is 3. The highest BCUT2D eigenvalue weighted by Crippen LogP contribution is 2.25. The third-order valence-electron chi connectivity index (χ3n) is 2.73. The van der Waals surface area contributed by atoms with Crippen LogP contribution in [0.3, 0.4) is 0 Å². The summed E-state index contributed by atoms with van der Waals surface area (Å²) in [7, 11) is 0. The summed E-state index contributed by atoms with van der Waals surface area (Å²) in [5, 5.41) is -0.0558. The van der Waals surface area contributed by atoms with Crippen LogP contribution in [0.15, 0.2) is 48.5 Å². The third-order valence-corrected chi connectivity index (χ3v) is 3.43. The Morgan fingerprint density at radius 2 is 1.56 bits per heavy atom. The molecule has 0 spiro atoms. The van der Waals surface area contributed by atoms with Gasteiger partial charge in [-0.15, -0.1) is 11.6 Å². The SMILES string of the molecule is Cc1ccc(C(Cl)C(=O)c2ccc(Cl)cc2)cc1. The number of carbonyl (C=O) groups is 1. The van der Waals surface area contributed by atoms with E-state index in [2.05, 4.69) is 0 Å². The van der Waals surface area contributed by atoms with Crippen LogP contribution in [0.1, 0.15) is 26.9 Å². The molecule has 1 atom stereocenters. The summed E-state index contributed by atoms with van der Waals surface area (Å²) in [6, 6.07) is 14.4. The molecule has 2 aromatic rings. The summed E-state index contributed by atoms with van der Waals surface area (Å²) < 4.78 is 0. The van der Waals surface area contributed by atoms with Gasteiger partial charge in [0.15, 0.2) is 5.78 Å². The Balaban J connectivity index is 2.23. The van der Waals surface area contributed by atoms with Gasteiger partial charge in [0.25, 0.3) is 0 Å². The minimum atomic E-state index is -0.660. The number of benzene rings is 2. The first-order valence-corrected chi connectivity index (χ1v) is 6.40. The molecular formula is C15H12Cl2O. The lowest BCUT2D eigenvalue weighted by atomic mass is 10.0. The molecule has 1 nitrogen and oxygen atoms in total. The third kappa shape index (κ3) is 2.92. The number of hydrogen-bond acceptors (Lipinski definition) is 1. The number of Topliss-reactive ketones (excluding diaryl/α,β-unsaturated/α-hetero) is 1. The van der Waals surface area contributed by atoms with Crippen molar-refractivity contribution in [2.75, 3.05) is 0 Å². The molecule has 3 heteroatoms. The van der Waals surface area contributed by atoms with Crippen molar-refractivity contribution in [3.63, 3.8) is 0 Å². The van der Waals surface area contributed by atoms with Crippen LogP contribution in [0.4, 0.5) is 0 Å². The van der Waals surface area contributed by atoms with Crippen LogP contribution in [-0.4, -0.2) is 5.78 Å². The van der Waals surface area contributed by atoms with Gasteiger partial charge in [-0.3, -0.25) is 4.79 Å². The van der Waals surface area contributed by atoms with E-state index in [1.807, 2.05) is 31.2 Å². The highest BCUT2D eigenvalue weighted by molar-refractivity contribution is 6.34. The Morgan fingerprint density at radius 3 is 2.11 bits per heavy atom. The van der Waals surface area contributed by atoms with Crippen LogP contribution in [0.25, 0.3) is 0 Å². The predicted molar refractivity (Wildman–Crippen MR) is 75.6 cm³/mol. The molecule has 2 rings (SSSR count). The number of ketones is 1. The van der Waals surface area contributed by atoms with Crippen molar-refractivity contribution in [1.29, 1.82) is 0 Å². The Hall–Kier alpha value is -1.31. The van der Waals surface area contributed by atoms with Crippen molar-refractivity contribution in [2.45, 2.75) is 12.3 Å². The Labute approximate surface area is 116 Å². The first-order chi connectivity index (χ1) is 8.58. The maximum atomic E-state index is 12.2. The van der Waals surface area contributed by atoms with E-state index in [0.29, 0.717) is 10.6 Å². The van der Waals surface area contributed by atoms with E-state index in [4.69, 9.17) is 23.2 Å². The van der Waals surface area contributed by atoms with Gasteiger partial charge in [-0.1, -0.05) is 41.4 Å². The smallest absolute Gasteiger partial charge is 0.185 e. The zero-order valence-electron chi connectivity index (χ0n) is 9.86. The first kappa shape index (κ1) is 13.1. The molecule has 0 fully saturated rings. The molecular weight excluding hydrogens is 267 g/mol. The Kier molecular flexibility index (Phi) is 4.05. The van der Waals surface area contributed by atoms with Crippen LogP contribution in [0, 0.1) is 6.92 Å². The molecule has 18 heavy (non-hydrogen) atoms. The number of aryl methyl sites for hydroxylation is 1. The summed E-state index contributed by atoms with van der Waals surface area (Å²) in [4.78, 5) is 12.2. The van der Waals surface area contributed by atoms with E-state index in [1.54, 1.807) is 24.3 Å². The van der Waals surface area contributed by atoms with Gasteiger partial charge in [0.05, 0.1) is 0 Å². The van der Waals surface area contributed by atoms with Crippen LogP contribution in [0.5, 0.6) is 0 Å². The molecule has 0 aliphatic heterocycles. The lowest BCUT2D eigenvalue weighted by molar-refractivity contribution is 0.0987. The minimum Gasteiger partial charge on any atom is -0.292 e. The highest BCUT2D eigenvalue weighted by atomic mass is 35.5. The Morgan fingerprint density at radius 1 is 1.00 bits per heavy atom. The van der Waals surface area contributed by atoms with E-state index in [9.17, 15) is 4.79 Å². The molecule has 0 heterocycles. The van der Waals surface area contributed by atoms with Gasteiger partial charge in [-0.25, -0.2) is 0 Å². The second-order valence-electron chi connectivity index (χ2n) is 4.14. The van der Waals surface area contributed by atoms with Gasteiger partial charge in [-0.2, -0.15) is 0 Å². The second kappa shape index (κ2) is 5.55. The van der Waals surface area contributed by atoms with Crippen LogP contribution in [-0.2, 0) is 0 Å². The average molecular weight is 279 g/mol. The molecule has 0 amide bonds. The van der Waals surface area contributed by atoms with E-state index < -0.39 is 5.38 Å². The van der Waals surface area contributed by atoms with E-state index in [1.165, 1.54) is 0 Å². The quantitative estimate of drug-likeness (QED) is 0.582. The van der Waals surface area contributed by atoms with Crippen molar-refractivity contribution in [2.24, 2.45) is 0 Å². The molecule has 0 saturated carbocycles. The van der Waals surface area contributed by atoms with Crippen LogP contribution >= 0.6 is 23.2 Å². The number of alkyl halides is 1.